The molecule has 15 heavy (non-hydrogen) atoms. The summed E-state index contributed by atoms with van der Waals surface area (Å²) >= 11 is 3.25. The molecule has 0 aromatic heterocycles. The minimum atomic E-state index is -0.407. The van der Waals surface area contributed by atoms with E-state index in [-0.39, 0.29) is 5.75 Å². The van der Waals surface area contributed by atoms with E-state index in [1.807, 2.05) is 6.92 Å². The van der Waals surface area contributed by atoms with Crippen molar-refractivity contribution in [2.75, 3.05) is 6.61 Å². The van der Waals surface area contributed by atoms with Crippen molar-refractivity contribution in [2.45, 2.75) is 26.4 Å². The Kier molecular flexibility index (Phi) is 4.42. The molecule has 0 aliphatic carbocycles. The number of hydrogen-bond donors (Lipinski definition) is 2. The van der Waals surface area contributed by atoms with Crippen molar-refractivity contribution >= 4 is 15.9 Å². The molecule has 1 aromatic carbocycles. The van der Waals surface area contributed by atoms with Crippen LogP contribution in [0.3, 0.4) is 0 Å². The first-order valence-corrected chi connectivity index (χ1v) is 5.66. The fourth-order valence-corrected chi connectivity index (χ4v) is 1.84. The molecular formula is C11H15BrO3. The van der Waals surface area contributed by atoms with E-state index in [1.54, 1.807) is 19.1 Å². The van der Waals surface area contributed by atoms with Gasteiger partial charge in [0.1, 0.15) is 0 Å². The van der Waals surface area contributed by atoms with Crippen molar-refractivity contribution in [2.24, 2.45) is 0 Å². The first-order valence-electron chi connectivity index (χ1n) is 4.86. The zero-order chi connectivity index (χ0) is 11.4. The molecule has 0 aliphatic heterocycles. The van der Waals surface area contributed by atoms with Crippen LogP contribution in [-0.4, -0.2) is 22.9 Å². The van der Waals surface area contributed by atoms with Crippen LogP contribution in [0.5, 0.6) is 11.5 Å². The average Bonchev–Trinajstić information content (AvgIpc) is 2.12. The highest BCUT2D eigenvalue weighted by atomic mass is 79.9. The fraction of sp³-hybridized carbons (Fsp3) is 0.455. The zero-order valence-electron chi connectivity index (χ0n) is 8.83. The Hall–Kier alpha value is -0.740. The quantitative estimate of drug-likeness (QED) is 0.887. The molecule has 0 amide bonds. The zero-order valence-corrected chi connectivity index (χ0v) is 10.4. The first kappa shape index (κ1) is 12.3. The van der Waals surface area contributed by atoms with Gasteiger partial charge in [-0.3, -0.25) is 0 Å². The maximum Gasteiger partial charge on any atom is 0.172 e. The van der Waals surface area contributed by atoms with Gasteiger partial charge in [0.25, 0.3) is 0 Å². The van der Waals surface area contributed by atoms with Crippen molar-refractivity contribution in [3.8, 4) is 11.5 Å². The summed E-state index contributed by atoms with van der Waals surface area (Å²) in [4.78, 5) is 0. The lowest BCUT2D eigenvalue weighted by Crippen LogP contribution is -2.04. The minimum Gasteiger partial charge on any atom is -0.503 e. The Morgan fingerprint density at radius 2 is 2.13 bits per heavy atom. The summed E-state index contributed by atoms with van der Waals surface area (Å²) < 4.78 is 5.87. The third-order valence-corrected chi connectivity index (χ3v) is 2.52. The van der Waals surface area contributed by atoms with Crippen LogP contribution in [0.4, 0.5) is 0 Å². The Bertz CT molecular complexity index is 337. The largest absolute Gasteiger partial charge is 0.503 e. The van der Waals surface area contributed by atoms with E-state index in [9.17, 15) is 10.2 Å². The van der Waals surface area contributed by atoms with Crippen LogP contribution >= 0.6 is 15.9 Å². The molecule has 0 saturated heterocycles. The number of rotatable bonds is 4. The number of phenols is 1. The van der Waals surface area contributed by atoms with E-state index < -0.39 is 6.10 Å². The highest BCUT2D eigenvalue weighted by Gasteiger charge is 2.10. The number of halogens is 1. The van der Waals surface area contributed by atoms with Gasteiger partial charge in [-0.2, -0.15) is 0 Å². The van der Waals surface area contributed by atoms with Gasteiger partial charge in [-0.05, 0) is 53.9 Å². The first-order chi connectivity index (χ1) is 7.04. The topological polar surface area (TPSA) is 49.7 Å². The maximum atomic E-state index is 9.65. The molecule has 1 rings (SSSR count). The van der Waals surface area contributed by atoms with E-state index in [1.165, 1.54) is 0 Å². The van der Waals surface area contributed by atoms with E-state index in [0.717, 1.165) is 5.56 Å². The second-order valence-electron chi connectivity index (χ2n) is 3.41. The molecule has 0 heterocycles. The second-order valence-corrected chi connectivity index (χ2v) is 4.26. The lowest BCUT2D eigenvalue weighted by atomic mass is 10.1. The fourth-order valence-electron chi connectivity index (χ4n) is 1.35. The van der Waals surface area contributed by atoms with Gasteiger partial charge in [-0.1, -0.05) is 0 Å². The molecule has 0 unspecified atom stereocenters. The Morgan fingerprint density at radius 1 is 1.47 bits per heavy atom. The van der Waals surface area contributed by atoms with Crippen molar-refractivity contribution in [3.05, 3.63) is 22.2 Å². The molecule has 1 atom stereocenters. The molecule has 1 aromatic rings. The number of benzene rings is 1. The molecule has 84 valence electrons. The van der Waals surface area contributed by atoms with Gasteiger partial charge in [0, 0.05) is 0 Å². The van der Waals surface area contributed by atoms with Crippen LogP contribution in [0.2, 0.25) is 0 Å². The van der Waals surface area contributed by atoms with E-state index in [0.29, 0.717) is 23.2 Å². The van der Waals surface area contributed by atoms with E-state index >= 15 is 0 Å². The van der Waals surface area contributed by atoms with Crippen molar-refractivity contribution in [1.82, 2.24) is 0 Å². The van der Waals surface area contributed by atoms with Gasteiger partial charge < -0.3 is 14.9 Å². The van der Waals surface area contributed by atoms with Crippen LogP contribution in [0.1, 0.15) is 19.4 Å². The van der Waals surface area contributed by atoms with Crippen LogP contribution in [0.25, 0.3) is 0 Å². The highest BCUT2D eigenvalue weighted by Crippen LogP contribution is 2.35. The predicted molar refractivity (Wildman–Crippen MR) is 62.4 cm³/mol. The SMILES string of the molecule is CCOc1cc(C[C@H](C)O)cc(Br)c1O. The summed E-state index contributed by atoms with van der Waals surface area (Å²) in [6.45, 7) is 4.08. The number of hydrogen-bond acceptors (Lipinski definition) is 3. The van der Waals surface area contributed by atoms with Crippen LogP contribution in [-0.2, 0) is 6.42 Å². The van der Waals surface area contributed by atoms with Gasteiger partial charge in [0.05, 0.1) is 17.2 Å². The van der Waals surface area contributed by atoms with Gasteiger partial charge >= 0.3 is 0 Å². The number of ether oxygens (including phenoxy) is 1. The molecule has 0 fully saturated rings. The number of aliphatic hydroxyl groups is 1. The van der Waals surface area contributed by atoms with Crippen LogP contribution in [0.15, 0.2) is 16.6 Å². The van der Waals surface area contributed by atoms with Crippen LogP contribution < -0.4 is 4.74 Å². The standard InChI is InChI=1S/C11H15BrO3/c1-3-15-10-6-8(4-7(2)13)5-9(12)11(10)14/h5-7,13-14H,3-4H2,1-2H3/t7-/m0/s1. The van der Waals surface area contributed by atoms with Gasteiger partial charge in [0.15, 0.2) is 11.5 Å². The number of aliphatic hydroxyl groups excluding tert-OH is 1. The molecule has 0 radical (unpaired) electrons. The van der Waals surface area contributed by atoms with Gasteiger partial charge in [-0.25, -0.2) is 0 Å². The summed E-state index contributed by atoms with van der Waals surface area (Å²) in [5, 5.41) is 18.9. The molecule has 4 heteroatoms. The summed E-state index contributed by atoms with van der Waals surface area (Å²) in [5.41, 5.74) is 0.929. The molecular weight excluding hydrogens is 260 g/mol. The van der Waals surface area contributed by atoms with Gasteiger partial charge in [0.2, 0.25) is 0 Å². The lowest BCUT2D eigenvalue weighted by Gasteiger charge is -2.11. The highest BCUT2D eigenvalue weighted by molar-refractivity contribution is 9.10. The molecule has 0 bridgehead atoms. The third-order valence-electron chi connectivity index (χ3n) is 1.92. The van der Waals surface area contributed by atoms with Gasteiger partial charge in [-0.15, -0.1) is 0 Å². The second kappa shape index (κ2) is 5.37. The molecule has 0 aliphatic rings. The Labute approximate surface area is 97.8 Å². The van der Waals surface area contributed by atoms with E-state index in [4.69, 9.17) is 4.74 Å². The number of aromatic hydroxyl groups is 1. The molecule has 3 nitrogen and oxygen atoms in total. The van der Waals surface area contributed by atoms with Crippen molar-refractivity contribution in [1.29, 1.82) is 0 Å². The summed E-state index contributed by atoms with van der Waals surface area (Å²) in [7, 11) is 0. The molecule has 0 saturated carbocycles. The lowest BCUT2D eigenvalue weighted by molar-refractivity contribution is 0.195. The smallest absolute Gasteiger partial charge is 0.172 e. The Balaban J connectivity index is 3.00. The van der Waals surface area contributed by atoms with Crippen LogP contribution in [0, 0.1) is 0 Å². The monoisotopic (exact) mass is 274 g/mol. The maximum absolute atomic E-state index is 9.65. The van der Waals surface area contributed by atoms with E-state index in [2.05, 4.69) is 15.9 Å². The average molecular weight is 275 g/mol. The van der Waals surface area contributed by atoms with Crippen molar-refractivity contribution < 1.29 is 14.9 Å². The normalized spacial score (nSPS) is 12.5. The predicted octanol–water partition coefficient (Wildman–Crippen LogP) is 2.48. The Morgan fingerprint density at radius 3 is 2.67 bits per heavy atom. The minimum absolute atomic E-state index is 0.103. The van der Waals surface area contributed by atoms with Crippen molar-refractivity contribution in [3.63, 3.8) is 0 Å². The number of phenolic OH excluding ortho intramolecular Hbond substituents is 1. The molecule has 2 N–H and O–H groups in total. The third kappa shape index (κ3) is 3.39. The summed E-state index contributed by atoms with van der Waals surface area (Å²) in [6.07, 6.45) is 0.134. The molecule has 0 spiro atoms. The summed E-state index contributed by atoms with van der Waals surface area (Å²) in [5.74, 6) is 0.550. The summed E-state index contributed by atoms with van der Waals surface area (Å²) in [6, 6.07) is 3.53.